The van der Waals surface area contributed by atoms with Crippen molar-refractivity contribution in [2.75, 3.05) is 4.72 Å². The van der Waals surface area contributed by atoms with Crippen molar-refractivity contribution in [2.45, 2.75) is 37.0 Å². The minimum absolute atomic E-state index is 0.0469. The Balaban J connectivity index is 1.98. The highest BCUT2D eigenvalue weighted by molar-refractivity contribution is 7.92. The topological polar surface area (TPSA) is 115 Å². The summed E-state index contributed by atoms with van der Waals surface area (Å²) in [6.07, 6.45) is 2.69. The van der Waals surface area contributed by atoms with Crippen LogP contribution >= 0.6 is 0 Å². The Bertz CT molecular complexity index is 894. The Hall–Kier alpha value is -2.55. The molecule has 0 amide bonds. The first-order chi connectivity index (χ1) is 11.4. The normalized spacial score (nSPS) is 14.4. The van der Waals surface area contributed by atoms with Gasteiger partial charge in [0.15, 0.2) is 4.90 Å². The van der Waals surface area contributed by atoms with E-state index < -0.39 is 25.5 Å². The monoisotopic (exact) mass is 348 g/mol. The molecular weight excluding hydrogens is 332 g/mol. The second kappa shape index (κ2) is 6.16. The maximum absolute atomic E-state index is 12.5. The van der Waals surface area contributed by atoms with E-state index in [2.05, 4.69) is 14.7 Å². The van der Waals surface area contributed by atoms with Crippen molar-refractivity contribution < 1.29 is 13.3 Å². The van der Waals surface area contributed by atoms with Crippen LogP contribution in [0.2, 0.25) is 0 Å². The van der Waals surface area contributed by atoms with E-state index in [9.17, 15) is 18.5 Å². The lowest BCUT2D eigenvalue weighted by atomic mass is 10.2. The number of hydrogen-bond donors (Lipinski definition) is 1. The van der Waals surface area contributed by atoms with Crippen molar-refractivity contribution in [1.29, 1.82) is 0 Å². The van der Waals surface area contributed by atoms with E-state index in [-0.39, 0.29) is 5.95 Å². The first kappa shape index (κ1) is 16.3. The predicted octanol–water partition coefficient (Wildman–Crippen LogP) is 2.63. The third kappa shape index (κ3) is 3.35. The van der Waals surface area contributed by atoms with E-state index in [1.807, 2.05) is 13.0 Å². The Morgan fingerprint density at radius 3 is 2.62 bits per heavy atom. The van der Waals surface area contributed by atoms with Gasteiger partial charge in [-0.15, -0.1) is 0 Å². The highest BCUT2D eigenvalue weighted by Gasteiger charge is 2.29. The number of nitro groups is 1. The van der Waals surface area contributed by atoms with Gasteiger partial charge in [0, 0.05) is 23.4 Å². The molecule has 0 saturated heterocycles. The maximum Gasteiger partial charge on any atom is 0.289 e. The van der Waals surface area contributed by atoms with Gasteiger partial charge in [-0.3, -0.25) is 10.1 Å². The molecule has 1 aromatic carbocycles. The molecule has 0 aliphatic heterocycles. The van der Waals surface area contributed by atoms with E-state index in [1.165, 1.54) is 18.2 Å². The zero-order valence-corrected chi connectivity index (χ0v) is 13.8. The van der Waals surface area contributed by atoms with Crippen LogP contribution in [0.4, 0.5) is 11.6 Å². The van der Waals surface area contributed by atoms with Gasteiger partial charge < -0.3 is 0 Å². The zero-order chi connectivity index (χ0) is 17.3. The summed E-state index contributed by atoms with van der Waals surface area (Å²) in [5.74, 6) is 0.294. The lowest BCUT2D eigenvalue weighted by Gasteiger charge is -2.10. The number of nitrogens with one attached hydrogen (secondary N) is 1. The molecule has 0 radical (unpaired) electrons. The van der Waals surface area contributed by atoms with Gasteiger partial charge in [0.2, 0.25) is 5.95 Å². The number of para-hydroxylation sites is 1. The summed E-state index contributed by atoms with van der Waals surface area (Å²) in [6, 6.07) is 7.05. The number of nitro benzene ring substituents is 1. The van der Waals surface area contributed by atoms with Gasteiger partial charge in [-0.05, 0) is 31.4 Å². The number of benzene rings is 1. The molecule has 1 saturated carbocycles. The molecule has 1 aliphatic rings. The number of aryl methyl sites for hydroxylation is 1. The molecule has 1 heterocycles. The van der Waals surface area contributed by atoms with Crippen molar-refractivity contribution in [2.24, 2.45) is 0 Å². The van der Waals surface area contributed by atoms with Crippen molar-refractivity contribution in [3.8, 4) is 0 Å². The van der Waals surface area contributed by atoms with Crippen molar-refractivity contribution in [1.82, 2.24) is 9.97 Å². The lowest BCUT2D eigenvalue weighted by molar-refractivity contribution is -0.387. The zero-order valence-electron chi connectivity index (χ0n) is 13.0. The molecule has 1 fully saturated rings. The fourth-order valence-corrected chi connectivity index (χ4v) is 3.46. The number of hydrogen-bond acceptors (Lipinski definition) is 6. The van der Waals surface area contributed by atoms with Crippen LogP contribution in [0.1, 0.15) is 37.1 Å². The fraction of sp³-hybridized carbons (Fsp3) is 0.333. The van der Waals surface area contributed by atoms with Gasteiger partial charge in [0.25, 0.3) is 15.7 Å². The number of aromatic nitrogens is 2. The van der Waals surface area contributed by atoms with Gasteiger partial charge in [-0.2, -0.15) is 0 Å². The maximum atomic E-state index is 12.5. The first-order valence-corrected chi connectivity index (χ1v) is 9.03. The van der Waals surface area contributed by atoms with E-state index in [4.69, 9.17) is 0 Å². The van der Waals surface area contributed by atoms with Gasteiger partial charge in [-0.1, -0.05) is 19.1 Å². The molecule has 24 heavy (non-hydrogen) atoms. The highest BCUT2D eigenvalue weighted by atomic mass is 32.2. The average Bonchev–Trinajstić information content (AvgIpc) is 3.39. The molecule has 0 bridgehead atoms. The second-order valence-corrected chi connectivity index (χ2v) is 7.22. The lowest BCUT2D eigenvalue weighted by Crippen LogP contribution is -2.17. The number of nitrogens with zero attached hydrogens (tertiary/aromatic N) is 3. The van der Waals surface area contributed by atoms with Gasteiger partial charge in [0.05, 0.1) is 4.92 Å². The van der Waals surface area contributed by atoms with E-state index in [0.29, 0.717) is 12.3 Å². The molecule has 9 heteroatoms. The molecule has 1 N–H and O–H groups in total. The summed E-state index contributed by atoms with van der Waals surface area (Å²) in [5, 5.41) is 11.1. The van der Waals surface area contributed by atoms with Gasteiger partial charge >= 0.3 is 0 Å². The molecule has 126 valence electrons. The predicted molar refractivity (Wildman–Crippen MR) is 87.3 cm³/mol. The minimum Gasteiger partial charge on any atom is -0.258 e. The first-order valence-electron chi connectivity index (χ1n) is 7.55. The summed E-state index contributed by atoms with van der Waals surface area (Å²) >= 11 is 0. The SMILES string of the molecule is CCc1cc(C2CC2)nc(NS(=O)(=O)c2ccccc2[N+](=O)[O-])n1. The Morgan fingerprint density at radius 1 is 1.29 bits per heavy atom. The molecule has 0 unspecified atom stereocenters. The Morgan fingerprint density at radius 2 is 2.00 bits per heavy atom. The van der Waals surface area contributed by atoms with Gasteiger partial charge in [0.1, 0.15) is 0 Å². The number of rotatable bonds is 6. The Labute approximate surface area is 139 Å². The summed E-state index contributed by atoms with van der Waals surface area (Å²) < 4.78 is 27.3. The quantitative estimate of drug-likeness (QED) is 0.634. The van der Waals surface area contributed by atoms with Crippen molar-refractivity contribution in [3.63, 3.8) is 0 Å². The van der Waals surface area contributed by atoms with Crippen LogP contribution in [0.3, 0.4) is 0 Å². The summed E-state index contributed by atoms with van der Waals surface area (Å²) in [6.45, 7) is 1.92. The number of anilines is 1. The fourth-order valence-electron chi connectivity index (χ4n) is 2.34. The molecular formula is C15H16N4O4S. The molecule has 0 atom stereocenters. The van der Waals surface area contributed by atoms with E-state index in [1.54, 1.807) is 0 Å². The summed E-state index contributed by atoms with van der Waals surface area (Å²) in [7, 11) is -4.15. The summed E-state index contributed by atoms with van der Waals surface area (Å²) in [5.41, 5.74) is 1.05. The van der Waals surface area contributed by atoms with Crippen molar-refractivity contribution >= 4 is 21.7 Å². The van der Waals surface area contributed by atoms with Crippen LogP contribution in [0.15, 0.2) is 35.2 Å². The van der Waals surface area contributed by atoms with Crippen LogP contribution in [0, 0.1) is 10.1 Å². The molecule has 1 aromatic heterocycles. The van der Waals surface area contributed by atoms with Crippen LogP contribution in [0.5, 0.6) is 0 Å². The van der Waals surface area contributed by atoms with Crippen LogP contribution in [-0.2, 0) is 16.4 Å². The van der Waals surface area contributed by atoms with Gasteiger partial charge in [-0.25, -0.2) is 23.1 Å². The molecule has 1 aliphatic carbocycles. The van der Waals surface area contributed by atoms with Crippen LogP contribution in [0.25, 0.3) is 0 Å². The average molecular weight is 348 g/mol. The molecule has 0 spiro atoms. The minimum atomic E-state index is -4.15. The van der Waals surface area contributed by atoms with E-state index >= 15 is 0 Å². The summed E-state index contributed by atoms with van der Waals surface area (Å²) in [4.78, 5) is 18.4. The third-order valence-electron chi connectivity index (χ3n) is 3.73. The van der Waals surface area contributed by atoms with Crippen molar-refractivity contribution in [3.05, 3.63) is 51.8 Å². The highest BCUT2D eigenvalue weighted by Crippen LogP contribution is 2.39. The second-order valence-electron chi connectivity index (χ2n) is 5.57. The molecule has 8 nitrogen and oxygen atoms in total. The van der Waals surface area contributed by atoms with E-state index in [0.717, 1.165) is 30.3 Å². The standard InChI is InChI=1S/C15H16N4O4S/c1-2-11-9-12(10-7-8-10)17-15(16-11)18-24(22,23)14-6-4-3-5-13(14)19(20)21/h3-6,9-10H,2,7-8H2,1H3,(H,16,17,18). The van der Waals surface area contributed by atoms with Crippen LogP contribution in [-0.4, -0.2) is 23.3 Å². The number of sulfonamides is 1. The smallest absolute Gasteiger partial charge is 0.258 e. The Kier molecular flexibility index (Phi) is 4.18. The molecule has 3 rings (SSSR count). The third-order valence-corrected chi connectivity index (χ3v) is 5.11. The largest absolute Gasteiger partial charge is 0.289 e. The molecule has 2 aromatic rings. The van der Waals surface area contributed by atoms with Crippen LogP contribution < -0.4 is 4.72 Å².